The number of esters is 1. The summed E-state index contributed by atoms with van der Waals surface area (Å²) in [6.45, 7) is 12.4. The van der Waals surface area contributed by atoms with Gasteiger partial charge in [0.15, 0.2) is 0 Å². The molecule has 6 nitrogen and oxygen atoms in total. The predicted molar refractivity (Wildman–Crippen MR) is 76.7 cm³/mol. The first kappa shape index (κ1) is 21.4. The lowest BCUT2D eigenvalue weighted by atomic mass is 10.4. The Kier molecular flexibility index (Phi) is 19.3. The van der Waals surface area contributed by atoms with E-state index in [1.807, 2.05) is 13.8 Å². The zero-order valence-corrected chi connectivity index (χ0v) is 12.9. The number of hydrogen-bond acceptors (Lipinski definition) is 6. The molecule has 0 bridgehead atoms. The Morgan fingerprint density at radius 3 is 1.85 bits per heavy atom. The minimum absolute atomic E-state index is 0.0101. The summed E-state index contributed by atoms with van der Waals surface area (Å²) in [6, 6.07) is 0. The fourth-order valence-electron chi connectivity index (χ4n) is 0.907. The van der Waals surface area contributed by atoms with Crippen LogP contribution in [0.2, 0.25) is 0 Å². The number of ether oxygens (including phenoxy) is 4. The van der Waals surface area contributed by atoms with E-state index in [-0.39, 0.29) is 13.2 Å². The number of carbonyl (C=O) groups is 1. The van der Waals surface area contributed by atoms with Crippen LogP contribution in [0.25, 0.3) is 0 Å². The molecular formula is C14H28O6. The summed E-state index contributed by atoms with van der Waals surface area (Å²) in [5.41, 5.74) is 0.376. The maximum Gasteiger partial charge on any atom is 0.333 e. The maximum absolute atomic E-state index is 10.9. The number of hydrogen-bond donors (Lipinski definition) is 1. The van der Waals surface area contributed by atoms with Gasteiger partial charge in [0.25, 0.3) is 0 Å². The van der Waals surface area contributed by atoms with Gasteiger partial charge in [0.1, 0.15) is 6.61 Å². The fourth-order valence-corrected chi connectivity index (χ4v) is 0.907. The molecule has 0 aliphatic heterocycles. The number of rotatable bonds is 11. The molecule has 120 valence electrons. The average molecular weight is 292 g/mol. The molecule has 1 N–H and O–H groups in total. The second-order valence-electron chi connectivity index (χ2n) is 3.65. The van der Waals surface area contributed by atoms with Gasteiger partial charge >= 0.3 is 5.97 Å². The van der Waals surface area contributed by atoms with Crippen LogP contribution in [0.1, 0.15) is 20.8 Å². The lowest BCUT2D eigenvalue weighted by Gasteiger charge is -2.05. The first-order chi connectivity index (χ1) is 9.59. The number of aliphatic hydroxyl groups excluding tert-OH is 1. The molecule has 0 aromatic carbocycles. The van der Waals surface area contributed by atoms with Crippen LogP contribution in [0.5, 0.6) is 0 Å². The molecule has 6 heteroatoms. The van der Waals surface area contributed by atoms with Crippen LogP contribution in [0, 0.1) is 0 Å². The van der Waals surface area contributed by atoms with Crippen molar-refractivity contribution in [2.24, 2.45) is 0 Å². The summed E-state index contributed by atoms with van der Waals surface area (Å²) in [5, 5.41) is 8.39. The molecule has 0 atom stereocenters. The van der Waals surface area contributed by atoms with E-state index < -0.39 is 5.97 Å². The first-order valence-corrected chi connectivity index (χ1v) is 6.76. The summed E-state index contributed by atoms with van der Waals surface area (Å²) in [7, 11) is 0. The third-order valence-electron chi connectivity index (χ3n) is 1.83. The molecule has 0 heterocycles. The van der Waals surface area contributed by atoms with Crippen molar-refractivity contribution in [3.63, 3.8) is 0 Å². The fraction of sp³-hybridized carbons (Fsp3) is 0.786. The average Bonchev–Trinajstić information content (AvgIpc) is 2.43. The van der Waals surface area contributed by atoms with Crippen molar-refractivity contribution in [2.75, 3.05) is 52.9 Å². The molecule has 0 saturated carbocycles. The van der Waals surface area contributed by atoms with E-state index in [0.717, 1.165) is 13.2 Å². The van der Waals surface area contributed by atoms with Crippen molar-refractivity contribution in [3.8, 4) is 0 Å². The smallest absolute Gasteiger partial charge is 0.333 e. The summed E-state index contributed by atoms with van der Waals surface area (Å²) >= 11 is 0. The van der Waals surface area contributed by atoms with Crippen molar-refractivity contribution in [1.82, 2.24) is 0 Å². The van der Waals surface area contributed by atoms with E-state index in [1.54, 1.807) is 6.92 Å². The third kappa shape index (κ3) is 19.4. The standard InChI is InChI=1S/C10H18O5.C4H10O/c1-9(2)10(12)15-8-7-14-6-5-13-4-3-11;1-3-5-4-2/h11H,1,3-8H2,2H3;3-4H2,1-2H3. The van der Waals surface area contributed by atoms with Gasteiger partial charge in [0.05, 0.1) is 33.0 Å². The lowest BCUT2D eigenvalue weighted by Crippen LogP contribution is -2.13. The molecule has 0 aliphatic rings. The second-order valence-corrected chi connectivity index (χ2v) is 3.65. The Morgan fingerprint density at radius 2 is 1.45 bits per heavy atom. The highest BCUT2D eigenvalue weighted by Crippen LogP contribution is 1.91. The van der Waals surface area contributed by atoms with Crippen molar-refractivity contribution in [2.45, 2.75) is 20.8 Å². The molecule has 0 radical (unpaired) electrons. The van der Waals surface area contributed by atoms with Gasteiger partial charge in [-0.2, -0.15) is 0 Å². The van der Waals surface area contributed by atoms with Gasteiger partial charge in [-0.1, -0.05) is 6.58 Å². The second kappa shape index (κ2) is 18.0. The lowest BCUT2D eigenvalue weighted by molar-refractivity contribution is -0.140. The number of aliphatic hydroxyl groups is 1. The van der Waals surface area contributed by atoms with E-state index in [1.165, 1.54) is 0 Å². The molecule has 20 heavy (non-hydrogen) atoms. The van der Waals surface area contributed by atoms with Crippen molar-refractivity contribution in [1.29, 1.82) is 0 Å². The van der Waals surface area contributed by atoms with Crippen LogP contribution < -0.4 is 0 Å². The van der Waals surface area contributed by atoms with E-state index in [0.29, 0.717) is 32.0 Å². The molecule has 0 aromatic rings. The van der Waals surface area contributed by atoms with Crippen molar-refractivity contribution in [3.05, 3.63) is 12.2 Å². The quantitative estimate of drug-likeness (QED) is 0.350. The highest BCUT2D eigenvalue weighted by Gasteiger charge is 2.01. The van der Waals surface area contributed by atoms with Gasteiger partial charge in [0, 0.05) is 18.8 Å². The molecule has 0 fully saturated rings. The van der Waals surface area contributed by atoms with Crippen LogP contribution in [0.15, 0.2) is 12.2 Å². The Bertz CT molecular complexity index is 228. The Balaban J connectivity index is 0. The molecule has 0 amide bonds. The van der Waals surface area contributed by atoms with Crippen molar-refractivity contribution >= 4 is 5.97 Å². The van der Waals surface area contributed by atoms with Crippen LogP contribution in [-0.2, 0) is 23.7 Å². The van der Waals surface area contributed by atoms with Gasteiger partial charge in [-0.3, -0.25) is 0 Å². The van der Waals surface area contributed by atoms with Crippen LogP contribution >= 0.6 is 0 Å². The summed E-state index contributed by atoms with van der Waals surface area (Å²) < 4.78 is 19.7. The van der Waals surface area contributed by atoms with Gasteiger partial charge < -0.3 is 24.1 Å². The van der Waals surface area contributed by atoms with Gasteiger partial charge in [-0.25, -0.2) is 4.79 Å². The first-order valence-electron chi connectivity index (χ1n) is 6.76. The summed E-state index contributed by atoms with van der Waals surface area (Å²) in [4.78, 5) is 10.9. The van der Waals surface area contributed by atoms with Crippen LogP contribution in [0.3, 0.4) is 0 Å². The van der Waals surface area contributed by atoms with Gasteiger partial charge in [0.2, 0.25) is 0 Å². The van der Waals surface area contributed by atoms with Crippen molar-refractivity contribution < 1.29 is 28.8 Å². The molecule has 0 aliphatic carbocycles. The topological polar surface area (TPSA) is 74.2 Å². The van der Waals surface area contributed by atoms with Gasteiger partial charge in [-0.15, -0.1) is 0 Å². The summed E-state index contributed by atoms with van der Waals surface area (Å²) in [6.07, 6.45) is 0. The minimum Gasteiger partial charge on any atom is -0.460 e. The largest absolute Gasteiger partial charge is 0.460 e. The third-order valence-corrected chi connectivity index (χ3v) is 1.83. The minimum atomic E-state index is -0.407. The molecule has 0 aromatic heterocycles. The monoisotopic (exact) mass is 292 g/mol. The Morgan fingerprint density at radius 1 is 0.950 bits per heavy atom. The van der Waals surface area contributed by atoms with Crippen LogP contribution in [0.4, 0.5) is 0 Å². The van der Waals surface area contributed by atoms with E-state index in [2.05, 4.69) is 6.58 Å². The highest BCUT2D eigenvalue weighted by molar-refractivity contribution is 5.86. The molecule has 0 spiro atoms. The molecule has 0 rings (SSSR count). The highest BCUT2D eigenvalue weighted by atomic mass is 16.6. The van der Waals surface area contributed by atoms with E-state index >= 15 is 0 Å². The normalized spacial score (nSPS) is 9.60. The summed E-state index contributed by atoms with van der Waals surface area (Å²) in [5.74, 6) is -0.407. The zero-order chi connectivity index (χ0) is 15.6. The van der Waals surface area contributed by atoms with Gasteiger partial charge in [-0.05, 0) is 20.8 Å². The maximum atomic E-state index is 10.9. The molecule has 0 saturated heterocycles. The van der Waals surface area contributed by atoms with E-state index in [4.69, 9.17) is 24.1 Å². The zero-order valence-electron chi connectivity index (χ0n) is 12.9. The predicted octanol–water partition coefficient (Wildman–Crippen LogP) is 1.17. The number of carbonyl (C=O) groups excluding carboxylic acids is 1. The van der Waals surface area contributed by atoms with Crippen LogP contribution in [-0.4, -0.2) is 63.9 Å². The Hall–Kier alpha value is -0.950. The van der Waals surface area contributed by atoms with E-state index in [9.17, 15) is 4.79 Å². The SMILES string of the molecule is C=C(C)C(=O)OCCOCCOCCO.CCOCC. The molecular weight excluding hydrogens is 264 g/mol. The Labute approximate surface area is 121 Å². The molecule has 0 unspecified atom stereocenters.